The first kappa shape index (κ1) is 11.3. The molecule has 0 aromatic heterocycles. The topological polar surface area (TPSA) is 41.8 Å². The van der Waals surface area contributed by atoms with Crippen LogP contribution in [-0.4, -0.2) is 24.6 Å². The molecule has 0 aliphatic heterocycles. The van der Waals surface area contributed by atoms with Crippen LogP contribution in [0.15, 0.2) is 23.4 Å². The van der Waals surface area contributed by atoms with Gasteiger partial charge in [-0.2, -0.15) is 0 Å². The zero-order chi connectivity index (χ0) is 10.6. The Balaban J connectivity index is 3.05. The van der Waals surface area contributed by atoms with Gasteiger partial charge in [-0.25, -0.2) is 0 Å². The Morgan fingerprint density at radius 2 is 2.21 bits per heavy atom. The summed E-state index contributed by atoms with van der Waals surface area (Å²) in [4.78, 5) is 0. The summed E-state index contributed by atoms with van der Waals surface area (Å²) in [5.41, 5.74) is 0.981. The van der Waals surface area contributed by atoms with Gasteiger partial charge in [-0.3, -0.25) is 0 Å². The Kier molecular flexibility index (Phi) is 4.20. The fraction of sp³-hybridized carbons (Fsp3) is 0.222. The quantitative estimate of drug-likeness (QED) is 0.496. The van der Waals surface area contributed by atoms with E-state index in [0.717, 1.165) is 0 Å². The van der Waals surface area contributed by atoms with E-state index in [1.807, 2.05) is 0 Å². The van der Waals surface area contributed by atoms with E-state index in [1.54, 1.807) is 18.2 Å². The Morgan fingerprint density at radius 3 is 2.71 bits per heavy atom. The monoisotopic (exact) mass is 233 g/mol. The second kappa shape index (κ2) is 5.20. The SMILES string of the molecule is COC/C(=N\O)c1ccc(Cl)cc1Cl. The van der Waals surface area contributed by atoms with E-state index in [-0.39, 0.29) is 6.61 Å². The van der Waals surface area contributed by atoms with Gasteiger partial charge in [-0.1, -0.05) is 28.4 Å². The summed E-state index contributed by atoms with van der Waals surface area (Å²) in [6, 6.07) is 4.93. The van der Waals surface area contributed by atoms with Crippen LogP contribution in [0, 0.1) is 0 Å². The van der Waals surface area contributed by atoms with Crippen LogP contribution in [0.5, 0.6) is 0 Å². The summed E-state index contributed by atoms with van der Waals surface area (Å²) in [6.07, 6.45) is 0. The molecule has 0 saturated carbocycles. The number of methoxy groups -OCH3 is 1. The second-order valence-electron chi connectivity index (χ2n) is 2.60. The molecule has 0 heterocycles. The van der Waals surface area contributed by atoms with Gasteiger partial charge < -0.3 is 9.94 Å². The molecule has 14 heavy (non-hydrogen) atoms. The highest BCUT2D eigenvalue weighted by atomic mass is 35.5. The van der Waals surface area contributed by atoms with Gasteiger partial charge in [0.2, 0.25) is 0 Å². The van der Waals surface area contributed by atoms with Crippen molar-refractivity contribution in [3.8, 4) is 0 Å². The molecule has 1 aromatic rings. The third kappa shape index (κ3) is 2.61. The van der Waals surface area contributed by atoms with Crippen molar-refractivity contribution in [3.05, 3.63) is 33.8 Å². The van der Waals surface area contributed by atoms with Crippen LogP contribution in [0.3, 0.4) is 0 Å². The fourth-order valence-electron chi connectivity index (χ4n) is 1.02. The maximum absolute atomic E-state index is 8.72. The van der Waals surface area contributed by atoms with Gasteiger partial charge in [0.1, 0.15) is 5.71 Å². The summed E-state index contributed by atoms with van der Waals surface area (Å²) < 4.78 is 4.85. The molecule has 0 aliphatic rings. The molecule has 0 radical (unpaired) electrons. The van der Waals surface area contributed by atoms with Crippen LogP contribution in [0.4, 0.5) is 0 Å². The predicted octanol–water partition coefficient (Wildman–Crippen LogP) is 2.82. The third-order valence-corrected chi connectivity index (χ3v) is 2.19. The highest BCUT2D eigenvalue weighted by Crippen LogP contribution is 2.21. The summed E-state index contributed by atoms with van der Waals surface area (Å²) >= 11 is 11.6. The van der Waals surface area contributed by atoms with Gasteiger partial charge in [-0.15, -0.1) is 0 Å². The number of halogens is 2. The van der Waals surface area contributed by atoms with Crippen LogP contribution >= 0.6 is 23.2 Å². The van der Waals surface area contributed by atoms with Crippen molar-refractivity contribution in [1.82, 2.24) is 0 Å². The Morgan fingerprint density at radius 1 is 1.50 bits per heavy atom. The van der Waals surface area contributed by atoms with Crippen molar-refractivity contribution < 1.29 is 9.94 Å². The zero-order valence-corrected chi connectivity index (χ0v) is 9.01. The average molecular weight is 234 g/mol. The second-order valence-corrected chi connectivity index (χ2v) is 3.45. The maximum atomic E-state index is 8.72. The van der Waals surface area contributed by atoms with Crippen molar-refractivity contribution in [2.24, 2.45) is 5.16 Å². The van der Waals surface area contributed by atoms with Crippen molar-refractivity contribution in [2.45, 2.75) is 0 Å². The first-order valence-corrected chi connectivity index (χ1v) is 4.60. The van der Waals surface area contributed by atoms with Crippen LogP contribution < -0.4 is 0 Å². The minimum atomic E-state index is 0.192. The lowest BCUT2D eigenvalue weighted by atomic mass is 10.1. The van der Waals surface area contributed by atoms with Crippen molar-refractivity contribution in [1.29, 1.82) is 0 Å². The molecule has 1 rings (SSSR count). The molecule has 1 N–H and O–H groups in total. The van der Waals surface area contributed by atoms with E-state index in [4.69, 9.17) is 33.1 Å². The molecule has 5 heteroatoms. The van der Waals surface area contributed by atoms with Crippen LogP contribution in [0.2, 0.25) is 10.0 Å². The maximum Gasteiger partial charge on any atom is 0.114 e. The van der Waals surface area contributed by atoms with E-state index in [1.165, 1.54) is 7.11 Å². The van der Waals surface area contributed by atoms with E-state index in [0.29, 0.717) is 21.3 Å². The minimum Gasteiger partial charge on any atom is -0.411 e. The summed E-state index contributed by atoms with van der Waals surface area (Å²) in [5, 5.41) is 12.8. The summed E-state index contributed by atoms with van der Waals surface area (Å²) in [6.45, 7) is 0.192. The summed E-state index contributed by atoms with van der Waals surface area (Å²) in [5.74, 6) is 0. The molecule has 0 atom stereocenters. The Hall–Kier alpha value is -0.770. The van der Waals surface area contributed by atoms with E-state index >= 15 is 0 Å². The molecule has 76 valence electrons. The highest BCUT2D eigenvalue weighted by molar-refractivity contribution is 6.37. The number of oxime groups is 1. The minimum absolute atomic E-state index is 0.192. The first-order valence-electron chi connectivity index (χ1n) is 3.84. The Labute approximate surface area is 91.9 Å². The number of rotatable bonds is 3. The summed E-state index contributed by atoms with van der Waals surface area (Å²) in [7, 11) is 1.51. The average Bonchev–Trinajstić information content (AvgIpc) is 2.15. The molecule has 0 aliphatic carbocycles. The number of nitrogens with zero attached hydrogens (tertiary/aromatic N) is 1. The molecule has 3 nitrogen and oxygen atoms in total. The number of hydrogen-bond acceptors (Lipinski definition) is 3. The van der Waals surface area contributed by atoms with Crippen LogP contribution in [0.1, 0.15) is 5.56 Å². The zero-order valence-electron chi connectivity index (χ0n) is 7.50. The van der Waals surface area contributed by atoms with Gasteiger partial charge in [-0.05, 0) is 18.2 Å². The Bertz CT molecular complexity index is 353. The molecule has 0 unspecified atom stereocenters. The lowest BCUT2D eigenvalue weighted by Gasteiger charge is -2.05. The van der Waals surface area contributed by atoms with Crippen molar-refractivity contribution >= 4 is 28.9 Å². The van der Waals surface area contributed by atoms with Crippen LogP contribution in [0.25, 0.3) is 0 Å². The smallest absolute Gasteiger partial charge is 0.114 e. The van der Waals surface area contributed by atoms with E-state index < -0.39 is 0 Å². The van der Waals surface area contributed by atoms with E-state index in [9.17, 15) is 0 Å². The third-order valence-electron chi connectivity index (χ3n) is 1.64. The fourth-order valence-corrected chi connectivity index (χ4v) is 1.54. The van der Waals surface area contributed by atoms with Crippen molar-refractivity contribution in [2.75, 3.05) is 13.7 Å². The molecule has 0 amide bonds. The van der Waals surface area contributed by atoms with Gasteiger partial charge in [0, 0.05) is 17.7 Å². The molecule has 0 spiro atoms. The standard InChI is InChI=1S/C9H9Cl2NO2/c1-14-5-9(12-13)7-3-2-6(10)4-8(7)11/h2-4,13H,5H2,1H3/b12-9+. The number of ether oxygens (including phenoxy) is 1. The normalized spacial score (nSPS) is 11.8. The molecular formula is C9H9Cl2NO2. The number of benzene rings is 1. The van der Waals surface area contributed by atoms with Gasteiger partial charge in [0.15, 0.2) is 0 Å². The van der Waals surface area contributed by atoms with Crippen molar-refractivity contribution in [3.63, 3.8) is 0 Å². The largest absolute Gasteiger partial charge is 0.411 e. The first-order chi connectivity index (χ1) is 6.69. The highest BCUT2D eigenvalue weighted by Gasteiger charge is 2.08. The van der Waals surface area contributed by atoms with Gasteiger partial charge in [0.05, 0.1) is 11.6 Å². The molecule has 1 aromatic carbocycles. The lowest BCUT2D eigenvalue weighted by Crippen LogP contribution is -2.09. The van der Waals surface area contributed by atoms with Crippen LogP contribution in [-0.2, 0) is 4.74 Å². The molecule has 0 saturated heterocycles. The predicted molar refractivity (Wildman–Crippen MR) is 56.7 cm³/mol. The molecule has 0 fully saturated rings. The molecular weight excluding hydrogens is 225 g/mol. The van der Waals surface area contributed by atoms with Gasteiger partial charge >= 0.3 is 0 Å². The molecule has 0 bridgehead atoms. The number of hydrogen-bond donors (Lipinski definition) is 1. The van der Waals surface area contributed by atoms with Gasteiger partial charge in [0.25, 0.3) is 0 Å². The van der Waals surface area contributed by atoms with E-state index in [2.05, 4.69) is 5.16 Å². The lowest BCUT2D eigenvalue weighted by molar-refractivity contribution is 0.238.